The number of amides is 1. The maximum atomic E-state index is 13.7. The molecular formula is C16H16FN3O2. The summed E-state index contributed by atoms with van der Waals surface area (Å²) in [7, 11) is 0. The van der Waals surface area contributed by atoms with E-state index >= 15 is 0 Å². The third-order valence-corrected chi connectivity index (χ3v) is 4.48. The summed E-state index contributed by atoms with van der Waals surface area (Å²) >= 11 is 0. The summed E-state index contributed by atoms with van der Waals surface area (Å²) in [6.45, 7) is 1.39. The number of likely N-dealkylation sites (tertiary alicyclic amines) is 1. The van der Waals surface area contributed by atoms with Crippen LogP contribution in [0.4, 0.5) is 4.39 Å². The lowest BCUT2D eigenvalue weighted by Crippen LogP contribution is -2.27. The number of fused-ring (bicyclic) bond motifs is 1. The van der Waals surface area contributed by atoms with Crippen LogP contribution in [0.2, 0.25) is 0 Å². The number of rotatable bonds is 3. The van der Waals surface area contributed by atoms with Gasteiger partial charge in [-0.1, -0.05) is 6.07 Å². The normalized spacial score (nSPS) is 21.8. The van der Waals surface area contributed by atoms with Gasteiger partial charge in [-0.05, 0) is 30.9 Å². The van der Waals surface area contributed by atoms with E-state index in [1.165, 1.54) is 25.0 Å². The average Bonchev–Trinajstić information content (AvgIpc) is 3.22. The maximum Gasteiger partial charge on any atom is 0.261 e. The van der Waals surface area contributed by atoms with Crippen LogP contribution in [-0.2, 0) is 4.79 Å². The SMILES string of the molecule is O=C1CC(c2nc3cccc(F)c3c(=O)[nH]2)CN1CC1CC1. The summed E-state index contributed by atoms with van der Waals surface area (Å²) in [6.07, 6.45) is 2.74. The van der Waals surface area contributed by atoms with Crippen molar-refractivity contribution < 1.29 is 9.18 Å². The highest BCUT2D eigenvalue weighted by Gasteiger charge is 2.35. The first-order valence-corrected chi connectivity index (χ1v) is 7.58. The fourth-order valence-electron chi connectivity index (χ4n) is 3.10. The quantitative estimate of drug-likeness (QED) is 0.940. The van der Waals surface area contributed by atoms with E-state index in [4.69, 9.17) is 0 Å². The third kappa shape index (κ3) is 2.28. The lowest BCUT2D eigenvalue weighted by atomic mass is 10.1. The molecule has 2 aliphatic rings. The minimum absolute atomic E-state index is 0.0228. The zero-order valence-corrected chi connectivity index (χ0v) is 12.0. The van der Waals surface area contributed by atoms with Gasteiger partial charge in [0.15, 0.2) is 0 Å². The van der Waals surface area contributed by atoms with E-state index in [1.54, 1.807) is 6.07 Å². The van der Waals surface area contributed by atoms with Crippen LogP contribution in [0.15, 0.2) is 23.0 Å². The fourth-order valence-corrected chi connectivity index (χ4v) is 3.10. The topological polar surface area (TPSA) is 66.1 Å². The summed E-state index contributed by atoms with van der Waals surface area (Å²) < 4.78 is 13.7. The second-order valence-corrected chi connectivity index (χ2v) is 6.23. The first kappa shape index (κ1) is 13.4. The molecule has 0 spiro atoms. The van der Waals surface area contributed by atoms with E-state index in [9.17, 15) is 14.0 Å². The highest BCUT2D eigenvalue weighted by molar-refractivity contribution is 5.80. The summed E-state index contributed by atoms with van der Waals surface area (Å²) in [5.74, 6) is 0.538. The Kier molecular flexibility index (Phi) is 2.99. The molecule has 22 heavy (non-hydrogen) atoms. The molecule has 0 bridgehead atoms. The number of aromatic nitrogens is 2. The molecule has 4 rings (SSSR count). The highest BCUT2D eigenvalue weighted by atomic mass is 19.1. The molecule has 1 aliphatic heterocycles. The van der Waals surface area contributed by atoms with Crippen LogP contribution in [0, 0.1) is 11.7 Å². The van der Waals surface area contributed by atoms with Crippen LogP contribution in [-0.4, -0.2) is 33.9 Å². The number of carbonyl (C=O) groups excluding carboxylic acids is 1. The Bertz CT molecular complexity index is 813. The first-order chi connectivity index (χ1) is 10.6. The van der Waals surface area contributed by atoms with Crippen LogP contribution in [0.25, 0.3) is 10.9 Å². The molecule has 114 valence electrons. The van der Waals surface area contributed by atoms with E-state index in [0.717, 1.165) is 6.54 Å². The summed E-state index contributed by atoms with van der Waals surface area (Å²) in [5, 5.41) is -0.0228. The Hall–Kier alpha value is -2.24. The Morgan fingerprint density at radius 2 is 2.14 bits per heavy atom. The number of aromatic amines is 1. The number of hydrogen-bond donors (Lipinski definition) is 1. The van der Waals surface area contributed by atoms with Gasteiger partial charge >= 0.3 is 0 Å². The molecule has 5 nitrogen and oxygen atoms in total. The van der Waals surface area contributed by atoms with Gasteiger partial charge in [-0.2, -0.15) is 0 Å². The molecule has 2 aromatic rings. The third-order valence-electron chi connectivity index (χ3n) is 4.48. The van der Waals surface area contributed by atoms with Crippen molar-refractivity contribution in [2.45, 2.75) is 25.2 Å². The summed E-state index contributed by atoms with van der Waals surface area (Å²) in [6, 6.07) is 4.40. The first-order valence-electron chi connectivity index (χ1n) is 7.58. The predicted molar refractivity (Wildman–Crippen MR) is 79.0 cm³/mol. The molecule has 1 saturated carbocycles. The van der Waals surface area contributed by atoms with Crippen LogP contribution < -0.4 is 5.56 Å². The van der Waals surface area contributed by atoms with Crippen molar-refractivity contribution in [3.8, 4) is 0 Å². The number of nitrogens with one attached hydrogen (secondary N) is 1. The molecule has 1 unspecified atom stereocenters. The van der Waals surface area contributed by atoms with Crippen LogP contribution >= 0.6 is 0 Å². The molecule has 1 aromatic carbocycles. The van der Waals surface area contributed by atoms with Crippen molar-refractivity contribution >= 4 is 16.8 Å². The van der Waals surface area contributed by atoms with E-state index in [-0.39, 0.29) is 17.2 Å². The van der Waals surface area contributed by atoms with Gasteiger partial charge in [0, 0.05) is 25.4 Å². The number of H-pyrrole nitrogens is 1. The largest absolute Gasteiger partial charge is 0.342 e. The smallest absolute Gasteiger partial charge is 0.261 e. The van der Waals surface area contributed by atoms with Gasteiger partial charge in [-0.15, -0.1) is 0 Å². The lowest BCUT2D eigenvalue weighted by Gasteiger charge is -2.15. The average molecular weight is 301 g/mol. The van der Waals surface area contributed by atoms with Gasteiger partial charge in [-0.3, -0.25) is 9.59 Å². The van der Waals surface area contributed by atoms with Gasteiger partial charge in [0.25, 0.3) is 5.56 Å². The Morgan fingerprint density at radius 3 is 2.91 bits per heavy atom. The van der Waals surface area contributed by atoms with Gasteiger partial charge < -0.3 is 9.88 Å². The maximum absolute atomic E-state index is 13.7. The lowest BCUT2D eigenvalue weighted by molar-refractivity contribution is -0.127. The number of carbonyl (C=O) groups is 1. The Balaban J connectivity index is 1.67. The molecule has 6 heteroatoms. The van der Waals surface area contributed by atoms with Crippen LogP contribution in [0.3, 0.4) is 0 Å². The van der Waals surface area contributed by atoms with Crippen molar-refractivity contribution in [3.05, 3.63) is 40.2 Å². The van der Waals surface area contributed by atoms with Gasteiger partial charge in [0.2, 0.25) is 5.91 Å². The predicted octanol–water partition coefficient (Wildman–Crippen LogP) is 1.79. The number of nitrogens with zero attached hydrogens (tertiary/aromatic N) is 2. The molecule has 1 amide bonds. The molecule has 2 fully saturated rings. The zero-order chi connectivity index (χ0) is 15.3. The Labute approximate surface area is 126 Å². The molecule has 1 atom stereocenters. The second kappa shape index (κ2) is 4.90. The molecule has 1 N–H and O–H groups in total. The molecule has 2 heterocycles. The standard InChI is InChI=1S/C16H16FN3O2/c17-11-2-1-3-12-14(11)16(22)19-15(18-12)10-6-13(21)20(8-10)7-9-4-5-9/h1-3,9-10H,4-8H2,(H,18,19,22). The molecule has 1 aliphatic carbocycles. The summed E-state index contributed by atoms with van der Waals surface area (Å²) in [5.41, 5.74) is -0.141. The van der Waals surface area contributed by atoms with Crippen molar-refractivity contribution in [1.29, 1.82) is 0 Å². The van der Waals surface area contributed by atoms with Crippen molar-refractivity contribution in [3.63, 3.8) is 0 Å². The minimum Gasteiger partial charge on any atom is -0.342 e. The van der Waals surface area contributed by atoms with Crippen LogP contribution in [0.5, 0.6) is 0 Å². The van der Waals surface area contributed by atoms with Gasteiger partial charge in [-0.25, -0.2) is 9.37 Å². The molecule has 1 saturated heterocycles. The monoisotopic (exact) mass is 301 g/mol. The van der Waals surface area contributed by atoms with E-state index in [1.807, 2.05) is 4.90 Å². The fraction of sp³-hybridized carbons (Fsp3) is 0.438. The van der Waals surface area contributed by atoms with Crippen molar-refractivity contribution in [2.24, 2.45) is 5.92 Å². The van der Waals surface area contributed by atoms with E-state index in [0.29, 0.717) is 30.2 Å². The summed E-state index contributed by atoms with van der Waals surface area (Å²) in [4.78, 5) is 33.0. The van der Waals surface area contributed by atoms with Gasteiger partial charge in [0.05, 0.1) is 5.52 Å². The molecule has 1 aromatic heterocycles. The van der Waals surface area contributed by atoms with E-state index in [2.05, 4.69) is 9.97 Å². The number of halogens is 1. The highest BCUT2D eigenvalue weighted by Crippen LogP contribution is 2.33. The number of hydrogen-bond acceptors (Lipinski definition) is 3. The Morgan fingerprint density at radius 1 is 1.32 bits per heavy atom. The van der Waals surface area contributed by atoms with E-state index < -0.39 is 11.4 Å². The molecular weight excluding hydrogens is 285 g/mol. The van der Waals surface area contributed by atoms with Crippen LogP contribution in [0.1, 0.15) is 31.0 Å². The molecule has 0 radical (unpaired) electrons. The van der Waals surface area contributed by atoms with Crippen molar-refractivity contribution in [1.82, 2.24) is 14.9 Å². The minimum atomic E-state index is -0.573. The number of benzene rings is 1. The second-order valence-electron chi connectivity index (χ2n) is 6.23. The van der Waals surface area contributed by atoms with Gasteiger partial charge in [0.1, 0.15) is 17.0 Å². The zero-order valence-electron chi connectivity index (χ0n) is 12.0. The van der Waals surface area contributed by atoms with Crippen molar-refractivity contribution in [2.75, 3.05) is 13.1 Å².